The van der Waals surface area contributed by atoms with E-state index < -0.39 is 0 Å². The Kier molecular flexibility index (Phi) is 3.93. The first kappa shape index (κ1) is 13.9. The summed E-state index contributed by atoms with van der Waals surface area (Å²) < 4.78 is 0. The lowest BCUT2D eigenvalue weighted by Gasteiger charge is -2.27. The van der Waals surface area contributed by atoms with Crippen molar-refractivity contribution in [3.63, 3.8) is 0 Å². The van der Waals surface area contributed by atoms with Crippen LogP contribution in [0.2, 0.25) is 0 Å². The minimum absolute atomic E-state index is 0.282. The summed E-state index contributed by atoms with van der Waals surface area (Å²) in [6.45, 7) is 5.75. The van der Waals surface area contributed by atoms with Gasteiger partial charge < -0.3 is 5.32 Å². The smallest absolute Gasteiger partial charge is 0.329 e. The first-order valence-corrected chi connectivity index (χ1v) is 6.27. The van der Waals surface area contributed by atoms with Gasteiger partial charge in [0.2, 0.25) is 5.95 Å². The lowest BCUT2D eigenvalue weighted by atomic mass is 10.1. The number of amides is 2. The summed E-state index contributed by atoms with van der Waals surface area (Å²) in [5.74, 6) is 0.285. The van der Waals surface area contributed by atoms with Crippen molar-refractivity contribution >= 4 is 17.7 Å². The predicted octanol–water partition coefficient (Wildman–Crippen LogP) is 2.52. The molecule has 0 unspecified atom stereocenters. The first-order chi connectivity index (χ1) is 9.47. The zero-order valence-corrected chi connectivity index (χ0v) is 11.7. The fourth-order valence-corrected chi connectivity index (χ4v) is 1.63. The van der Waals surface area contributed by atoms with Crippen molar-refractivity contribution < 1.29 is 4.79 Å². The van der Waals surface area contributed by atoms with Gasteiger partial charge in [-0.3, -0.25) is 0 Å². The molecule has 104 valence electrons. The van der Waals surface area contributed by atoms with Crippen molar-refractivity contribution in [2.75, 3.05) is 4.90 Å². The Morgan fingerprint density at radius 1 is 1.10 bits per heavy atom. The summed E-state index contributed by atoms with van der Waals surface area (Å²) in [4.78, 5) is 25.8. The monoisotopic (exact) mass is 271 g/mol. The van der Waals surface area contributed by atoms with Gasteiger partial charge in [-0.2, -0.15) is 0 Å². The SMILES string of the molecule is CC(C)(C)NC(=O)N(c1ccccc1)c1ncncn1. The highest BCUT2D eigenvalue weighted by molar-refractivity contribution is 5.97. The Morgan fingerprint density at radius 3 is 2.25 bits per heavy atom. The average Bonchev–Trinajstić information content (AvgIpc) is 2.39. The van der Waals surface area contributed by atoms with E-state index in [2.05, 4.69) is 20.3 Å². The number of carbonyl (C=O) groups is 1. The van der Waals surface area contributed by atoms with Crippen LogP contribution in [0, 0.1) is 0 Å². The van der Waals surface area contributed by atoms with Crippen molar-refractivity contribution in [2.45, 2.75) is 26.3 Å². The van der Waals surface area contributed by atoms with Crippen molar-refractivity contribution in [1.82, 2.24) is 20.3 Å². The fraction of sp³-hybridized carbons (Fsp3) is 0.286. The number of benzene rings is 1. The van der Waals surface area contributed by atoms with Crippen molar-refractivity contribution in [1.29, 1.82) is 0 Å². The number of rotatable bonds is 2. The van der Waals surface area contributed by atoms with Crippen LogP contribution in [0.3, 0.4) is 0 Å². The number of carbonyl (C=O) groups excluding carboxylic acids is 1. The molecule has 1 heterocycles. The maximum Gasteiger partial charge on any atom is 0.329 e. The molecular formula is C14H17N5O. The standard InChI is InChI=1S/C14H17N5O/c1-14(2,3)18-13(20)19(11-7-5-4-6-8-11)12-16-9-15-10-17-12/h4-10H,1-3H3,(H,18,20). The van der Waals surface area contributed by atoms with Gasteiger partial charge in [-0.05, 0) is 32.9 Å². The summed E-state index contributed by atoms with van der Waals surface area (Å²) >= 11 is 0. The molecule has 0 saturated heterocycles. The van der Waals surface area contributed by atoms with Gasteiger partial charge in [-0.1, -0.05) is 18.2 Å². The molecule has 0 saturated carbocycles. The Labute approximate surface area is 117 Å². The second-order valence-electron chi connectivity index (χ2n) is 5.29. The molecule has 1 aromatic heterocycles. The number of urea groups is 1. The number of aromatic nitrogens is 3. The van der Waals surface area contributed by atoms with E-state index in [1.165, 1.54) is 17.6 Å². The van der Waals surface area contributed by atoms with E-state index in [4.69, 9.17) is 0 Å². The highest BCUT2D eigenvalue weighted by Crippen LogP contribution is 2.21. The van der Waals surface area contributed by atoms with Crippen molar-refractivity contribution in [2.24, 2.45) is 0 Å². The summed E-state index contributed by atoms with van der Waals surface area (Å²) in [6.07, 6.45) is 2.73. The zero-order chi connectivity index (χ0) is 14.6. The van der Waals surface area contributed by atoms with E-state index in [1.54, 1.807) is 0 Å². The normalized spacial score (nSPS) is 10.9. The maximum absolute atomic E-state index is 12.5. The maximum atomic E-state index is 12.5. The molecule has 0 aliphatic carbocycles. The van der Waals surface area contributed by atoms with Crippen LogP contribution >= 0.6 is 0 Å². The van der Waals surface area contributed by atoms with E-state index in [0.717, 1.165) is 0 Å². The number of nitrogens with one attached hydrogen (secondary N) is 1. The molecule has 0 aliphatic rings. The number of hydrogen-bond donors (Lipinski definition) is 1. The number of nitrogens with zero attached hydrogens (tertiary/aromatic N) is 4. The van der Waals surface area contributed by atoms with Gasteiger partial charge in [0.25, 0.3) is 0 Å². The summed E-state index contributed by atoms with van der Waals surface area (Å²) in [5.41, 5.74) is 0.345. The van der Waals surface area contributed by atoms with Crippen LogP contribution in [0.15, 0.2) is 43.0 Å². The Balaban J connectivity index is 2.38. The second kappa shape index (κ2) is 5.64. The van der Waals surface area contributed by atoms with Crippen molar-refractivity contribution in [3.8, 4) is 0 Å². The third-order valence-corrected chi connectivity index (χ3v) is 2.38. The molecule has 2 rings (SSSR count). The Morgan fingerprint density at radius 2 is 1.70 bits per heavy atom. The van der Waals surface area contributed by atoms with Gasteiger partial charge in [-0.15, -0.1) is 0 Å². The molecule has 2 aromatic rings. The van der Waals surface area contributed by atoms with Gasteiger partial charge in [0, 0.05) is 5.54 Å². The van der Waals surface area contributed by atoms with Crippen LogP contribution in [0.25, 0.3) is 0 Å². The minimum atomic E-state index is -0.350. The molecule has 20 heavy (non-hydrogen) atoms. The number of anilines is 2. The summed E-state index contributed by atoms with van der Waals surface area (Å²) in [6, 6.07) is 8.96. The third kappa shape index (κ3) is 3.50. The first-order valence-electron chi connectivity index (χ1n) is 6.27. The van der Waals surface area contributed by atoms with Gasteiger partial charge in [-0.25, -0.2) is 24.6 Å². The molecule has 1 N–H and O–H groups in total. The Bertz CT molecular complexity index is 526. The highest BCUT2D eigenvalue weighted by Gasteiger charge is 2.24. The molecule has 1 aromatic carbocycles. The quantitative estimate of drug-likeness (QED) is 0.911. The second-order valence-corrected chi connectivity index (χ2v) is 5.29. The van der Waals surface area contributed by atoms with Crippen LogP contribution < -0.4 is 10.2 Å². The van der Waals surface area contributed by atoms with Crippen molar-refractivity contribution in [3.05, 3.63) is 43.0 Å². The molecular weight excluding hydrogens is 254 g/mol. The van der Waals surface area contributed by atoms with E-state index in [1.807, 2.05) is 51.1 Å². The average molecular weight is 271 g/mol. The molecule has 0 atom stereocenters. The van der Waals surface area contributed by atoms with Crippen LogP contribution in [0.1, 0.15) is 20.8 Å². The summed E-state index contributed by atoms with van der Waals surface area (Å²) in [5, 5.41) is 2.90. The molecule has 0 fully saturated rings. The third-order valence-electron chi connectivity index (χ3n) is 2.38. The van der Waals surface area contributed by atoms with Crippen LogP contribution in [-0.4, -0.2) is 26.5 Å². The highest BCUT2D eigenvalue weighted by atomic mass is 16.2. The van der Waals surface area contributed by atoms with Gasteiger partial charge in [0.1, 0.15) is 12.7 Å². The molecule has 2 amide bonds. The van der Waals surface area contributed by atoms with Crippen LogP contribution in [-0.2, 0) is 0 Å². The lowest BCUT2D eigenvalue weighted by molar-refractivity contribution is 0.239. The summed E-state index contributed by atoms with van der Waals surface area (Å²) in [7, 11) is 0. The number of hydrogen-bond acceptors (Lipinski definition) is 4. The zero-order valence-electron chi connectivity index (χ0n) is 11.7. The molecule has 0 radical (unpaired) electrons. The number of para-hydroxylation sites is 1. The van der Waals surface area contributed by atoms with E-state index in [0.29, 0.717) is 5.69 Å². The van der Waals surface area contributed by atoms with Gasteiger partial charge in [0.15, 0.2) is 0 Å². The van der Waals surface area contributed by atoms with Gasteiger partial charge in [0.05, 0.1) is 5.69 Å². The van der Waals surface area contributed by atoms with E-state index in [-0.39, 0.29) is 17.5 Å². The van der Waals surface area contributed by atoms with E-state index in [9.17, 15) is 4.79 Å². The fourth-order valence-electron chi connectivity index (χ4n) is 1.63. The topological polar surface area (TPSA) is 71.0 Å². The molecule has 0 aliphatic heterocycles. The van der Waals surface area contributed by atoms with E-state index >= 15 is 0 Å². The lowest BCUT2D eigenvalue weighted by Crippen LogP contribution is -2.47. The predicted molar refractivity (Wildman–Crippen MR) is 76.7 cm³/mol. The molecule has 6 nitrogen and oxygen atoms in total. The van der Waals surface area contributed by atoms with Crippen LogP contribution in [0.4, 0.5) is 16.4 Å². The largest absolute Gasteiger partial charge is 0.333 e. The molecule has 0 spiro atoms. The molecule has 0 bridgehead atoms. The van der Waals surface area contributed by atoms with Gasteiger partial charge >= 0.3 is 6.03 Å². The molecule has 6 heteroatoms. The Hall–Kier alpha value is -2.50. The minimum Gasteiger partial charge on any atom is -0.333 e. The van der Waals surface area contributed by atoms with Crippen LogP contribution in [0.5, 0.6) is 0 Å².